The van der Waals surface area contributed by atoms with Crippen LogP contribution in [0.5, 0.6) is 0 Å². The van der Waals surface area contributed by atoms with Gasteiger partial charge in [-0.15, -0.1) is 0 Å². The van der Waals surface area contributed by atoms with Gasteiger partial charge in [-0.1, -0.05) is 53.3 Å². The number of halogens is 7. The Bertz CT molecular complexity index is 848. The fourth-order valence-electron chi connectivity index (χ4n) is 2.75. The number of pyridine rings is 1. The standard InChI is InChI=1S/C17H21Cl4F3N6O/c1-4-8-28(3)29(26-11(2)16(22,23)24)10-12-9-15(31,17(19,20)21)30(27-12)14-13(18)6-5-7-25-14/h5-7,31H,4,8-10H2,1-3H3/b26-11+. The predicted octanol–water partition coefficient (Wildman–Crippen LogP) is 4.86. The van der Waals surface area contributed by atoms with Crippen LogP contribution in [0.1, 0.15) is 26.7 Å². The lowest BCUT2D eigenvalue weighted by Gasteiger charge is -2.37. The van der Waals surface area contributed by atoms with Crippen LogP contribution in [-0.4, -0.2) is 67.5 Å². The van der Waals surface area contributed by atoms with Crippen LogP contribution in [0.3, 0.4) is 0 Å². The number of hydrogen-bond donors (Lipinski definition) is 1. The Kier molecular flexibility index (Phi) is 8.32. The first-order valence-corrected chi connectivity index (χ1v) is 10.6. The van der Waals surface area contributed by atoms with Crippen LogP contribution in [0.15, 0.2) is 28.5 Å². The summed E-state index contributed by atoms with van der Waals surface area (Å²) in [6.07, 6.45) is -2.83. The Hall–Kier alpha value is -1.04. The number of hydrogen-bond acceptors (Lipinski definition) is 7. The van der Waals surface area contributed by atoms with Crippen molar-refractivity contribution in [2.75, 3.05) is 25.1 Å². The van der Waals surface area contributed by atoms with Crippen LogP contribution in [0.4, 0.5) is 19.0 Å². The molecule has 1 aliphatic rings. The summed E-state index contributed by atoms with van der Waals surface area (Å²) in [5, 5.41) is 22.8. The van der Waals surface area contributed by atoms with E-state index < -0.39 is 21.4 Å². The van der Waals surface area contributed by atoms with E-state index in [0.29, 0.717) is 13.0 Å². The first kappa shape index (κ1) is 26.2. The zero-order valence-corrected chi connectivity index (χ0v) is 19.9. The molecule has 14 heteroatoms. The molecule has 0 saturated carbocycles. The summed E-state index contributed by atoms with van der Waals surface area (Å²) in [5.41, 5.74) is -3.02. The molecule has 1 aromatic rings. The van der Waals surface area contributed by atoms with Gasteiger partial charge in [-0.2, -0.15) is 23.4 Å². The average Bonchev–Trinajstić information content (AvgIpc) is 2.98. The van der Waals surface area contributed by atoms with Gasteiger partial charge in [0.2, 0.25) is 9.52 Å². The van der Waals surface area contributed by atoms with E-state index in [2.05, 4.69) is 15.2 Å². The second kappa shape index (κ2) is 9.84. The Balaban J connectivity index is 2.45. The van der Waals surface area contributed by atoms with Gasteiger partial charge in [0.1, 0.15) is 5.71 Å². The number of aromatic nitrogens is 1. The highest BCUT2D eigenvalue weighted by Crippen LogP contribution is 2.48. The summed E-state index contributed by atoms with van der Waals surface area (Å²) >= 11 is 24.3. The summed E-state index contributed by atoms with van der Waals surface area (Å²) in [4.78, 5) is 4.08. The van der Waals surface area contributed by atoms with E-state index in [4.69, 9.17) is 46.4 Å². The molecule has 174 valence electrons. The number of nitrogens with zero attached hydrogens (tertiary/aromatic N) is 6. The number of hydrazine groups is 1. The number of aliphatic hydroxyl groups is 1. The Morgan fingerprint density at radius 2 is 2.00 bits per heavy atom. The third-order valence-corrected chi connectivity index (χ3v) is 5.58. The van der Waals surface area contributed by atoms with Gasteiger partial charge >= 0.3 is 6.18 Å². The lowest BCUT2D eigenvalue weighted by Crippen LogP contribution is -2.54. The van der Waals surface area contributed by atoms with Gasteiger partial charge in [0.25, 0.3) is 0 Å². The van der Waals surface area contributed by atoms with Crippen molar-refractivity contribution in [3.63, 3.8) is 0 Å². The van der Waals surface area contributed by atoms with Crippen LogP contribution in [0, 0.1) is 0 Å². The van der Waals surface area contributed by atoms with Gasteiger partial charge in [0.05, 0.1) is 17.3 Å². The molecule has 1 unspecified atom stereocenters. The van der Waals surface area contributed by atoms with E-state index in [1.807, 2.05) is 6.92 Å². The smallest absolute Gasteiger partial charge is 0.365 e. The topological polar surface area (TPSA) is 67.6 Å². The maximum atomic E-state index is 13.0. The van der Waals surface area contributed by atoms with Crippen LogP contribution in [0.25, 0.3) is 0 Å². The number of hydrazone groups is 2. The zero-order chi connectivity index (χ0) is 23.6. The minimum atomic E-state index is -4.60. The molecule has 0 saturated heterocycles. The van der Waals surface area contributed by atoms with E-state index in [1.165, 1.54) is 17.3 Å². The van der Waals surface area contributed by atoms with Crippen molar-refractivity contribution < 1.29 is 18.3 Å². The molecule has 31 heavy (non-hydrogen) atoms. The number of anilines is 1. The van der Waals surface area contributed by atoms with Gasteiger partial charge in [0.15, 0.2) is 5.82 Å². The fraction of sp³-hybridized carbons (Fsp3) is 0.588. The van der Waals surface area contributed by atoms with E-state index in [9.17, 15) is 18.3 Å². The monoisotopic (exact) mass is 522 g/mol. The van der Waals surface area contributed by atoms with E-state index in [-0.39, 0.29) is 29.5 Å². The largest absolute Gasteiger partial charge is 0.430 e. The van der Waals surface area contributed by atoms with Crippen LogP contribution in [-0.2, 0) is 0 Å². The molecular formula is C17H21Cl4F3N6O. The molecule has 0 aromatic carbocycles. The average molecular weight is 524 g/mol. The van der Waals surface area contributed by atoms with Gasteiger partial charge in [0, 0.05) is 26.2 Å². The van der Waals surface area contributed by atoms with Crippen molar-refractivity contribution in [3.05, 3.63) is 23.4 Å². The highest BCUT2D eigenvalue weighted by molar-refractivity contribution is 6.68. The van der Waals surface area contributed by atoms with Crippen LogP contribution in [0.2, 0.25) is 5.02 Å². The zero-order valence-electron chi connectivity index (χ0n) is 16.8. The van der Waals surface area contributed by atoms with Crippen molar-refractivity contribution in [1.29, 1.82) is 0 Å². The molecule has 1 atom stereocenters. The van der Waals surface area contributed by atoms with Crippen molar-refractivity contribution in [3.8, 4) is 0 Å². The van der Waals surface area contributed by atoms with Crippen molar-refractivity contribution in [2.24, 2.45) is 10.2 Å². The highest BCUT2D eigenvalue weighted by Gasteiger charge is 2.57. The minimum Gasteiger partial charge on any atom is -0.365 e. The summed E-state index contributed by atoms with van der Waals surface area (Å²) in [6, 6.07) is 3.07. The third kappa shape index (κ3) is 6.06. The number of rotatable bonds is 7. The van der Waals surface area contributed by atoms with E-state index in [0.717, 1.165) is 17.1 Å². The number of alkyl halides is 6. The quantitative estimate of drug-likeness (QED) is 0.314. The summed E-state index contributed by atoms with van der Waals surface area (Å²) in [6.45, 7) is 2.95. The SMILES string of the molecule is CCCN(C)N(CC1=NN(c2ncccc2Cl)C(O)(C(Cl)(Cl)Cl)C1)/N=C(\C)C(F)(F)F. The summed E-state index contributed by atoms with van der Waals surface area (Å²) in [7, 11) is 1.58. The van der Waals surface area contributed by atoms with Gasteiger partial charge < -0.3 is 5.11 Å². The van der Waals surface area contributed by atoms with Gasteiger partial charge in [-0.25, -0.2) is 20.1 Å². The molecule has 1 aliphatic heterocycles. The van der Waals surface area contributed by atoms with Crippen molar-refractivity contribution in [1.82, 2.24) is 15.1 Å². The first-order valence-electron chi connectivity index (χ1n) is 9.08. The maximum Gasteiger partial charge on any atom is 0.430 e. The molecule has 1 N–H and O–H groups in total. The van der Waals surface area contributed by atoms with Gasteiger partial charge in [-0.05, 0) is 25.5 Å². The molecule has 2 rings (SSSR count). The van der Waals surface area contributed by atoms with Gasteiger partial charge in [-0.3, -0.25) is 0 Å². The molecule has 7 nitrogen and oxygen atoms in total. The van der Waals surface area contributed by atoms with Crippen LogP contribution >= 0.6 is 46.4 Å². The third-order valence-electron chi connectivity index (χ3n) is 4.38. The second-order valence-electron chi connectivity index (χ2n) is 6.87. The molecule has 0 spiro atoms. The van der Waals surface area contributed by atoms with E-state index in [1.54, 1.807) is 13.1 Å². The lowest BCUT2D eigenvalue weighted by molar-refractivity contribution is -0.0646. The molecule has 2 heterocycles. The molecule has 1 aromatic heterocycles. The molecule has 0 amide bonds. The Morgan fingerprint density at radius 3 is 2.52 bits per heavy atom. The first-order chi connectivity index (χ1) is 14.2. The van der Waals surface area contributed by atoms with Crippen LogP contribution < -0.4 is 5.01 Å². The minimum absolute atomic E-state index is 0.0245. The van der Waals surface area contributed by atoms with Crippen molar-refractivity contribution in [2.45, 2.75) is 42.4 Å². The Labute approximate surface area is 198 Å². The highest BCUT2D eigenvalue weighted by atomic mass is 35.6. The molecular weight excluding hydrogens is 503 g/mol. The van der Waals surface area contributed by atoms with E-state index >= 15 is 0 Å². The molecule has 0 radical (unpaired) electrons. The second-order valence-corrected chi connectivity index (χ2v) is 9.56. The molecule has 0 bridgehead atoms. The summed E-state index contributed by atoms with van der Waals surface area (Å²) in [5.74, 6) is 0.0245. The maximum absolute atomic E-state index is 13.0. The predicted molar refractivity (Wildman–Crippen MR) is 118 cm³/mol. The normalized spacial score (nSPS) is 20.5. The molecule has 0 aliphatic carbocycles. The fourth-order valence-corrected chi connectivity index (χ4v) is 3.39. The summed E-state index contributed by atoms with van der Waals surface area (Å²) < 4.78 is 36.9. The van der Waals surface area contributed by atoms with Crippen molar-refractivity contribution >= 4 is 63.6 Å². The molecule has 0 fully saturated rings. The Morgan fingerprint density at radius 1 is 1.35 bits per heavy atom. The lowest BCUT2D eigenvalue weighted by atomic mass is 10.1.